The molecule has 1 fully saturated rings. The topological polar surface area (TPSA) is 70.5 Å². The van der Waals surface area contributed by atoms with Gasteiger partial charge in [-0.15, -0.1) is 11.3 Å². The van der Waals surface area contributed by atoms with Crippen LogP contribution in [0, 0.1) is 0 Å². The second-order valence-electron chi connectivity index (χ2n) is 9.77. The number of fused-ring (bicyclic) bond motifs is 1. The number of aromatic nitrogens is 2. The van der Waals surface area contributed by atoms with Crippen molar-refractivity contribution in [2.24, 2.45) is 0 Å². The first-order valence-corrected chi connectivity index (χ1v) is 13.7. The van der Waals surface area contributed by atoms with E-state index >= 15 is 0 Å². The molecule has 2 aromatic heterocycles. The quantitative estimate of drug-likeness (QED) is 0.182. The Kier molecular flexibility index (Phi) is 8.13. The number of anilines is 1. The highest BCUT2D eigenvalue weighted by Gasteiger charge is 2.39. The second-order valence-corrected chi connectivity index (χ2v) is 10.6. The average Bonchev–Trinajstić information content (AvgIpc) is 3.38. The molecule has 2 atom stereocenters. The van der Waals surface area contributed by atoms with Crippen molar-refractivity contribution in [2.75, 3.05) is 18.0 Å². The van der Waals surface area contributed by atoms with E-state index in [9.17, 15) is 31.4 Å². The van der Waals surface area contributed by atoms with Crippen molar-refractivity contribution in [1.29, 1.82) is 0 Å². The number of hydrogen-bond acceptors (Lipinski definition) is 7. The molecular formula is C28H26F6N4O2S. The number of halogens is 6. The molecule has 0 spiro atoms. The first-order chi connectivity index (χ1) is 19.4. The highest BCUT2D eigenvalue weighted by Crippen LogP contribution is 2.42. The normalized spacial score (nSPS) is 16.5. The SMILES string of the molecule is CC(O)C(Oc1cc(C(F)(F)F)cc(C(F)(F)F)c1)N(c1ncnc2scc(-c3ccccc3)c12)C1CCNCC1. The van der Waals surface area contributed by atoms with Crippen LogP contribution in [-0.4, -0.2) is 46.5 Å². The van der Waals surface area contributed by atoms with E-state index in [2.05, 4.69) is 15.3 Å². The van der Waals surface area contributed by atoms with Gasteiger partial charge in [-0.25, -0.2) is 9.97 Å². The van der Waals surface area contributed by atoms with Crippen molar-refractivity contribution < 1.29 is 36.2 Å². The lowest BCUT2D eigenvalue weighted by Gasteiger charge is -2.42. The van der Waals surface area contributed by atoms with Gasteiger partial charge in [-0.1, -0.05) is 30.3 Å². The van der Waals surface area contributed by atoms with Crippen LogP contribution in [0.25, 0.3) is 21.3 Å². The van der Waals surface area contributed by atoms with Gasteiger partial charge in [-0.3, -0.25) is 0 Å². The molecule has 0 bridgehead atoms. The Morgan fingerprint density at radius 2 is 1.61 bits per heavy atom. The molecule has 13 heteroatoms. The first kappa shape index (κ1) is 29.1. The van der Waals surface area contributed by atoms with Crippen LogP contribution < -0.4 is 15.0 Å². The maximum absolute atomic E-state index is 13.6. The Bertz CT molecular complexity index is 1450. The molecule has 3 heterocycles. The summed E-state index contributed by atoms with van der Waals surface area (Å²) in [6, 6.07) is 10.2. The molecule has 5 rings (SSSR count). The van der Waals surface area contributed by atoms with Crippen molar-refractivity contribution in [3.05, 3.63) is 71.4 Å². The van der Waals surface area contributed by atoms with Crippen molar-refractivity contribution in [3.63, 3.8) is 0 Å². The molecule has 2 N–H and O–H groups in total. The predicted octanol–water partition coefficient (Wildman–Crippen LogP) is 6.74. The van der Waals surface area contributed by atoms with E-state index in [1.165, 1.54) is 24.6 Å². The molecule has 1 aliphatic rings. The summed E-state index contributed by atoms with van der Waals surface area (Å²) < 4.78 is 87.4. The number of nitrogens with zero attached hydrogens (tertiary/aromatic N) is 3. The summed E-state index contributed by atoms with van der Waals surface area (Å²) in [6.45, 7) is 2.60. The first-order valence-electron chi connectivity index (χ1n) is 12.8. The molecule has 0 radical (unpaired) electrons. The lowest BCUT2D eigenvalue weighted by molar-refractivity contribution is -0.143. The summed E-state index contributed by atoms with van der Waals surface area (Å²) in [7, 11) is 0. The van der Waals surface area contributed by atoms with Gasteiger partial charge in [0.2, 0.25) is 0 Å². The Morgan fingerprint density at radius 1 is 0.976 bits per heavy atom. The Labute approximate surface area is 235 Å². The Balaban J connectivity index is 1.66. The number of ether oxygens (including phenoxy) is 1. The predicted molar refractivity (Wildman–Crippen MR) is 144 cm³/mol. The number of rotatable bonds is 7. The van der Waals surface area contributed by atoms with Gasteiger partial charge in [0, 0.05) is 17.0 Å². The minimum atomic E-state index is -5.05. The van der Waals surface area contributed by atoms with Crippen LogP contribution in [0.5, 0.6) is 5.75 Å². The molecular weight excluding hydrogens is 570 g/mol. The van der Waals surface area contributed by atoms with Gasteiger partial charge in [0.05, 0.1) is 16.5 Å². The molecule has 0 saturated carbocycles. The zero-order valence-corrected chi connectivity index (χ0v) is 22.5. The van der Waals surface area contributed by atoms with E-state index in [1.54, 1.807) is 4.90 Å². The smallest absolute Gasteiger partial charge is 0.416 e. The summed E-state index contributed by atoms with van der Waals surface area (Å²) >= 11 is 1.38. The molecule has 41 heavy (non-hydrogen) atoms. The molecule has 2 aromatic carbocycles. The van der Waals surface area contributed by atoms with Crippen LogP contribution in [0.1, 0.15) is 30.9 Å². The molecule has 218 valence electrons. The maximum atomic E-state index is 13.6. The third-order valence-electron chi connectivity index (χ3n) is 6.89. The summed E-state index contributed by atoms with van der Waals surface area (Å²) in [5.41, 5.74) is -1.33. The van der Waals surface area contributed by atoms with E-state index in [1.807, 2.05) is 35.7 Å². The summed E-state index contributed by atoms with van der Waals surface area (Å²) in [6.07, 6.45) is -10.3. The van der Waals surface area contributed by atoms with Crippen LogP contribution in [0.2, 0.25) is 0 Å². The highest BCUT2D eigenvalue weighted by atomic mass is 32.1. The number of thiophene rings is 1. The maximum Gasteiger partial charge on any atom is 0.416 e. The van der Waals surface area contributed by atoms with Crippen LogP contribution in [0.15, 0.2) is 60.2 Å². The molecule has 1 aliphatic heterocycles. The highest BCUT2D eigenvalue weighted by molar-refractivity contribution is 7.17. The van der Waals surface area contributed by atoms with Crippen LogP contribution in [0.4, 0.5) is 32.2 Å². The number of piperidine rings is 1. The van der Waals surface area contributed by atoms with Crippen molar-refractivity contribution in [3.8, 4) is 16.9 Å². The summed E-state index contributed by atoms with van der Waals surface area (Å²) in [5, 5.41) is 16.7. The van der Waals surface area contributed by atoms with Crippen molar-refractivity contribution in [2.45, 2.75) is 50.5 Å². The van der Waals surface area contributed by atoms with Crippen LogP contribution >= 0.6 is 11.3 Å². The lowest BCUT2D eigenvalue weighted by atomic mass is 10.0. The fourth-order valence-electron chi connectivity index (χ4n) is 4.99. The zero-order valence-electron chi connectivity index (χ0n) is 21.7. The Morgan fingerprint density at radius 3 is 2.20 bits per heavy atom. The number of benzene rings is 2. The minimum absolute atomic E-state index is 0.0419. The van der Waals surface area contributed by atoms with E-state index < -0.39 is 41.6 Å². The average molecular weight is 597 g/mol. The van der Waals surface area contributed by atoms with Gasteiger partial charge in [-0.2, -0.15) is 26.3 Å². The fourth-order valence-corrected chi connectivity index (χ4v) is 5.90. The molecule has 6 nitrogen and oxygen atoms in total. The fraction of sp³-hybridized carbons (Fsp3) is 0.357. The Hall–Kier alpha value is -3.42. The number of aliphatic hydroxyl groups is 1. The van der Waals surface area contributed by atoms with E-state index in [4.69, 9.17) is 4.74 Å². The van der Waals surface area contributed by atoms with Crippen LogP contribution in [0.3, 0.4) is 0 Å². The lowest BCUT2D eigenvalue weighted by Crippen LogP contribution is -2.55. The van der Waals surface area contributed by atoms with Gasteiger partial charge in [0.15, 0.2) is 6.23 Å². The number of aliphatic hydroxyl groups excluding tert-OH is 1. The van der Waals surface area contributed by atoms with Crippen LogP contribution in [-0.2, 0) is 12.4 Å². The standard InChI is InChI=1S/C28H26F6N4O2S/c1-16(39)26(40-21-12-18(27(29,30)31)11-19(13-21)28(32,33)34)38(20-7-9-35-10-8-20)24-23-22(17-5-3-2-4-6-17)14-41-25(23)37-15-36-24/h2-6,11-16,20,26,35,39H,7-10H2,1H3. The van der Waals surface area contributed by atoms with Gasteiger partial charge in [-0.05, 0) is 56.6 Å². The third-order valence-corrected chi connectivity index (χ3v) is 7.77. The second kappa shape index (κ2) is 11.5. The zero-order chi connectivity index (χ0) is 29.4. The molecule has 0 aliphatic carbocycles. The number of nitrogens with one attached hydrogen (secondary N) is 1. The van der Waals surface area contributed by atoms with Gasteiger partial charge >= 0.3 is 12.4 Å². The molecule has 0 amide bonds. The number of alkyl halides is 6. The van der Waals surface area contributed by atoms with Gasteiger partial charge in [0.25, 0.3) is 0 Å². The van der Waals surface area contributed by atoms with E-state index in [0.717, 1.165) is 11.1 Å². The molecule has 4 aromatic rings. The largest absolute Gasteiger partial charge is 0.468 e. The summed E-state index contributed by atoms with van der Waals surface area (Å²) in [5.74, 6) is -0.299. The van der Waals surface area contributed by atoms with E-state index in [-0.39, 0.29) is 12.1 Å². The third kappa shape index (κ3) is 6.26. The monoisotopic (exact) mass is 596 g/mol. The van der Waals surface area contributed by atoms with Gasteiger partial charge < -0.3 is 20.1 Å². The number of hydrogen-bond donors (Lipinski definition) is 2. The minimum Gasteiger partial charge on any atom is -0.468 e. The summed E-state index contributed by atoms with van der Waals surface area (Å²) in [4.78, 5) is 11.3. The van der Waals surface area contributed by atoms with E-state index in [0.29, 0.717) is 54.1 Å². The van der Waals surface area contributed by atoms with Crippen molar-refractivity contribution >= 4 is 27.4 Å². The molecule has 1 saturated heterocycles. The van der Waals surface area contributed by atoms with Gasteiger partial charge in [0.1, 0.15) is 28.8 Å². The van der Waals surface area contributed by atoms with Crippen molar-refractivity contribution in [1.82, 2.24) is 15.3 Å². The molecule has 2 unspecified atom stereocenters.